The molecule has 1 aromatic carbocycles. The van der Waals surface area contributed by atoms with Gasteiger partial charge in [-0.3, -0.25) is 4.79 Å². The topological polar surface area (TPSA) is 92.5 Å². The van der Waals surface area contributed by atoms with Crippen LogP contribution in [-0.2, 0) is 21.2 Å². The molecule has 1 aliphatic rings. The maximum atomic E-state index is 12.5. The number of sulfonamides is 1. The molecule has 2 heterocycles. The summed E-state index contributed by atoms with van der Waals surface area (Å²) in [4.78, 5) is 18.4. The number of rotatable bonds is 6. The number of amides is 1. The van der Waals surface area contributed by atoms with E-state index >= 15 is 0 Å². The Morgan fingerprint density at radius 2 is 2.11 bits per heavy atom. The van der Waals surface area contributed by atoms with Gasteiger partial charge in [0.15, 0.2) is 11.7 Å². The summed E-state index contributed by atoms with van der Waals surface area (Å²) in [6.07, 6.45) is 4.95. The van der Waals surface area contributed by atoms with Crippen LogP contribution in [0.3, 0.4) is 0 Å². The van der Waals surface area contributed by atoms with E-state index in [0.717, 1.165) is 24.7 Å². The quantitative estimate of drug-likeness (QED) is 0.788. The fourth-order valence-corrected chi connectivity index (χ4v) is 4.07. The Bertz CT molecular complexity index is 896. The molecule has 7 nitrogen and oxygen atoms in total. The van der Waals surface area contributed by atoms with Crippen LogP contribution in [0.4, 0.5) is 0 Å². The molecule has 146 valence electrons. The van der Waals surface area contributed by atoms with Gasteiger partial charge in [0.1, 0.15) is 0 Å². The number of nitrogens with zero attached hydrogens (tertiary/aromatic N) is 2. The highest BCUT2D eigenvalue weighted by molar-refractivity contribution is 7.88. The average molecular weight is 412 g/mol. The molecule has 1 aliphatic heterocycles. The van der Waals surface area contributed by atoms with Crippen molar-refractivity contribution in [2.75, 3.05) is 19.3 Å². The molecule has 0 spiro atoms. The van der Waals surface area contributed by atoms with Crippen molar-refractivity contribution >= 4 is 27.5 Å². The van der Waals surface area contributed by atoms with Gasteiger partial charge in [0.05, 0.1) is 12.5 Å². The lowest BCUT2D eigenvalue weighted by atomic mass is 10.1. The minimum Gasteiger partial charge on any atom is -0.441 e. The van der Waals surface area contributed by atoms with E-state index in [1.54, 1.807) is 23.2 Å². The summed E-state index contributed by atoms with van der Waals surface area (Å²) in [5.74, 6) is 1.10. The lowest BCUT2D eigenvalue weighted by Crippen LogP contribution is -2.49. The van der Waals surface area contributed by atoms with Crippen molar-refractivity contribution in [1.29, 1.82) is 0 Å². The maximum absolute atomic E-state index is 12.5. The Labute approximate surface area is 163 Å². The summed E-state index contributed by atoms with van der Waals surface area (Å²) < 4.78 is 31.1. The van der Waals surface area contributed by atoms with E-state index in [4.69, 9.17) is 16.0 Å². The molecule has 9 heteroatoms. The van der Waals surface area contributed by atoms with Crippen LogP contribution in [0.25, 0.3) is 11.3 Å². The zero-order valence-electron chi connectivity index (χ0n) is 15.0. The van der Waals surface area contributed by atoms with E-state index in [1.807, 2.05) is 12.1 Å². The van der Waals surface area contributed by atoms with Gasteiger partial charge in [-0.2, -0.15) is 0 Å². The lowest BCUT2D eigenvalue weighted by Gasteiger charge is -2.32. The average Bonchev–Trinajstić information content (AvgIpc) is 3.08. The highest BCUT2D eigenvalue weighted by Gasteiger charge is 2.25. The summed E-state index contributed by atoms with van der Waals surface area (Å²) in [7, 11) is -3.28. The molecule has 0 saturated carbocycles. The molecule has 0 aliphatic carbocycles. The van der Waals surface area contributed by atoms with Crippen molar-refractivity contribution in [1.82, 2.24) is 14.6 Å². The fraction of sp³-hybridized carbons (Fsp3) is 0.444. The number of aryl methyl sites for hydroxylation is 1. The van der Waals surface area contributed by atoms with E-state index in [9.17, 15) is 13.2 Å². The summed E-state index contributed by atoms with van der Waals surface area (Å²) in [6.45, 7) is 1.04. The minimum atomic E-state index is -3.28. The molecule has 27 heavy (non-hydrogen) atoms. The van der Waals surface area contributed by atoms with Crippen molar-refractivity contribution in [2.24, 2.45) is 0 Å². The maximum Gasteiger partial charge on any atom is 0.223 e. The van der Waals surface area contributed by atoms with Crippen LogP contribution in [-0.4, -0.2) is 49.6 Å². The highest BCUT2D eigenvalue weighted by atomic mass is 35.5. The van der Waals surface area contributed by atoms with Crippen LogP contribution in [0.2, 0.25) is 5.02 Å². The molecule has 0 unspecified atom stereocenters. The summed E-state index contributed by atoms with van der Waals surface area (Å²) in [5.41, 5.74) is 0.871. The first-order valence-electron chi connectivity index (χ1n) is 8.76. The predicted molar refractivity (Wildman–Crippen MR) is 103 cm³/mol. The Morgan fingerprint density at radius 1 is 1.37 bits per heavy atom. The van der Waals surface area contributed by atoms with Gasteiger partial charge in [-0.05, 0) is 37.1 Å². The van der Waals surface area contributed by atoms with Gasteiger partial charge in [0.25, 0.3) is 0 Å². The number of halogens is 1. The van der Waals surface area contributed by atoms with Crippen molar-refractivity contribution in [3.8, 4) is 11.3 Å². The van der Waals surface area contributed by atoms with Crippen LogP contribution >= 0.6 is 11.6 Å². The zero-order valence-corrected chi connectivity index (χ0v) is 16.6. The van der Waals surface area contributed by atoms with Gasteiger partial charge in [0, 0.05) is 42.6 Å². The van der Waals surface area contributed by atoms with Gasteiger partial charge in [-0.1, -0.05) is 11.6 Å². The molecule has 1 atom stereocenters. The highest BCUT2D eigenvalue weighted by Crippen LogP contribution is 2.23. The molecular formula is C18H22ClN3O4S. The largest absolute Gasteiger partial charge is 0.441 e. The molecule has 1 aromatic heterocycles. The standard InChI is InChI=1S/C18H22ClN3O4S/c1-27(24,25)21-15-3-2-10-22(12-15)18(23)9-8-17-20-11-16(26-17)13-4-6-14(19)7-5-13/h4-7,11,15,21H,2-3,8-10,12H2,1H3/t15-/m0/s1. The number of hydrogen-bond donors (Lipinski definition) is 1. The molecule has 1 fully saturated rings. The van der Waals surface area contributed by atoms with Gasteiger partial charge >= 0.3 is 0 Å². The number of likely N-dealkylation sites (tertiary alicyclic amines) is 1. The van der Waals surface area contributed by atoms with Crippen LogP contribution in [0.5, 0.6) is 0 Å². The van der Waals surface area contributed by atoms with Crippen molar-refractivity contribution in [3.63, 3.8) is 0 Å². The molecule has 1 N–H and O–H groups in total. The van der Waals surface area contributed by atoms with Gasteiger partial charge in [-0.15, -0.1) is 0 Å². The molecule has 1 saturated heterocycles. The first-order valence-corrected chi connectivity index (χ1v) is 11.0. The zero-order chi connectivity index (χ0) is 19.4. The first kappa shape index (κ1) is 19.9. The molecular weight excluding hydrogens is 390 g/mol. The third kappa shape index (κ3) is 5.79. The summed E-state index contributed by atoms with van der Waals surface area (Å²) >= 11 is 5.88. The van der Waals surface area contributed by atoms with Crippen molar-refractivity contribution in [2.45, 2.75) is 31.7 Å². The number of hydrogen-bond acceptors (Lipinski definition) is 5. The van der Waals surface area contributed by atoms with Gasteiger partial charge in [-0.25, -0.2) is 18.1 Å². The number of nitrogens with one attached hydrogen (secondary N) is 1. The summed E-state index contributed by atoms with van der Waals surface area (Å²) in [5, 5.41) is 0.647. The Kier molecular flexibility index (Phi) is 6.18. The van der Waals surface area contributed by atoms with Crippen LogP contribution < -0.4 is 4.72 Å². The molecule has 1 amide bonds. The minimum absolute atomic E-state index is 0.0266. The summed E-state index contributed by atoms with van der Waals surface area (Å²) in [6, 6.07) is 7.02. The number of carbonyl (C=O) groups excluding carboxylic acids is 1. The first-order chi connectivity index (χ1) is 12.8. The third-order valence-corrected chi connectivity index (χ3v) is 5.40. The second kappa shape index (κ2) is 8.41. The molecule has 0 radical (unpaired) electrons. The van der Waals surface area contributed by atoms with E-state index in [0.29, 0.717) is 36.2 Å². The third-order valence-electron chi connectivity index (χ3n) is 4.39. The Hall–Kier alpha value is -1.90. The van der Waals surface area contributed by atoms with Gasteiger partial charge < -0.3 is 9.32 Å². The molecule has 3 rings (SSSR count). The second-order valence-corrected chi connectivity index (χ2v) is 8.91. The number of oxazole rings is 1. The Balaban J connectivity index is 1.54. The van der Waals surface area contributed by atoms with Crippen molar-refractivity contribution < 1.29 is 17.6 Å². The number of aromatic nitrogens is 1. The second-order valence-electron chi connectivity index (χ2n) is 6.69. The number of carbonyl (C=O) groups is 1. The number of piperidine rings is 1. The predicted octanol–water partition coefficient (Wildman–Crippen LogP) is 2.47. The normalized spacial score (nSPS) is 17.9. The monoisotopic (exact) mass is 411 g/mol. The van der Waals surface area contributed by atoms with E-state index in [2.05, 4.69) is 9.71 Å². The molecule has 2 aromatic rings. The van der Waals surface area contributed by atoms with E-state index in [-0.39, 0.29) is 18.4 Å². The fourth-order valence-electron chi connectivity index (χ4n) is 3.15. The Morgan fingerprint density at radius 3 is 2.81 bits per heavy atom. The van der Waals surface area contributed by atoms with E-state index < -0.39 is 10.0 Å². The van der Waals surface area contributed by atoms with Crippen LogP contribution in [0.1, 0.15) is 25.2 Å². The lowest BCUT2D eigenvalue weighted by molar-refractivity contribution is -0.132. The van der Waals surface area contributed by atoms with Crippen LogP contribution in [0.15, 0.2) is 34.9 Å². The van der Waals surface area contributed by atoms with Gasteiger partial charge in [0.2, 0.25) is 15.9 Å². The van der Waals surface area contributed by atoms with Crippen molar-refractivity contribution in [3.05, 3.63) is 41.4 Å². The van der Waals surface area contributed by atoms with E-state index in [1.165, 1.54) is 0 Å². The van der Waals surface area contributed by atoms with Crippen LogP contribution in [0, 0.1) is 0 Å². The SMILES string of the molecule is CS(=O)(=O)N[C@H]1CCCN(C(=O)CCc2ncc(-c3ccc(Cl)cc3)o2)C1. The smallest absolute Gasteiger partial charge is 0.223 e. The number of benzene rings is 1. The molecule has 0 bridgehead atoms.